The molecule has 0 radical (unpaired) electrons. The van der Waals surface area contributed by atoms with Crippen molar-refractivity contribution in [2.75, 3.05) is 18.4 Å². The summed E-state index contributed by atoms with van der Waals surface area (Å²) in [5.41, 5.74) is 0. The van der Waals surface area contributed by atoms with Gasteiger partial charge in [0.15, 0.2) is 11.6 Å². The van der Waals surface area contributed by atoms with Gasteiger partial charge in [0.2, 0.25) is 5.91 Å². The molecule has 0 bridgehead atoms. The summed E-state index contributed by atoms with van der Waals surface area (Å²) in [6, 6.07) is 6.24. The average Bonchev–Trinajstić information content (AvgIpc) is 3.12. The molecule has 7 nitrogen and oxygen atoms in total. The minimum atomic E-state index is -3.56. The van der Waals surface area contributed by atoms with Crippen molar-refractivity contribution in [2.45, 2.75) is 17.1 Å². The van der Waals surface area contributed by atoms with E-state index >= 15 is 0 Å². The maximum absolute atomic E-state index is 12.6. The lowest BCUT2D eigenvalue weighted by molar-refractivity contribution is -0.120. The molecule has 2 aromatic rings. The molecular formula is C15H17N3O4S2. The molecule has 1 fully saturated rings. The van der Waals surface area contributed by atoms with Gasteiger partial charge in [-0.1, -0.05) is 6.07 Å². The van der Waals surface area contributed by atoms with E-state index in [1.807, 2.05) is 0 Å². The molecular weight excluding hydrogens is 350 g/mol. The van der Waals surface area contributed by atoms with Crippen LogP contribution in [0.15, 0.2) is 40.1 Å². The van der Waals surface area contributed by atoms with Crippen LogP contribution in [0.4, 0.5) is 5.82 Å². The van der Waals surface area contributed by atoms with Gasteiger partial charge in [-0.15, -0.1) is 11.3 Å². The van der Waals surface area contributed by atoms with Gasteiger partial charge in [-0.3, -0.25) is 4.79 Å². The van der Waals surface area contributed by atoms with Gasteiger partial charge in [-0.2, -0.15) is 4.31 Å². The fraction of sp³-hybridized carbons (Fsp3) is 0.333. The Morgan fingerprint density at radius 3 is 2.92 bits per heavy atom. The summed E-state index contributed by atoms with van der Waals surface area (Å²) < 4.78 is 26.8. The van der Waals surface area contributed by atoms with E-state index in [1.54, 1.807) is 23.6 Å². The number of amides is 1. The van der Waals surface area contributed by atoms with Gasteiger partial charge in [0.1, 0.15) is 4.21 Å². The van der Waals surface area contributed by atoms with E-state index in [0.717, 1.165) is 11.3 Å². The minimum Gasteiger partial charge on any atom is -0.504 e. The summed E-state index contributed by atoms with van der Waals surface area (Å²) in [6.45, 7) is 0.526. The van der Waals surface area contributed by atoms with E-state index in [0.29, 0.717) is 19.4 Å². The number of nitrogens with zero attached hydrogens (tertiary/aromatic N) is 2. The number of carbonyl (C=O) groups is 1. The van der Waals surface area contributed by atoms with Crippen LogP contribution in [0, 0.1) is 5.92 Å². The van der Waals surface area contributed by atoms with Crippen LogP contribution in [0.1, 0.15) is 12.8 Å². The van der Waals surface area contributed by atoms with Crippen LogP contribution in [0.25, 0.3) is 0 Å². The predicted molar refractivity (Wildman–Crippen MR) is 90.3 cm³/mol. The Kier molecular flexibility index (Phi) is 4.83. The predicted octanol–water partition coefficient (Wildman–Crippen LogP) is 1.89. The number of sulfonamides is 1. The average molecular weight is 367 g/mol. The van der Waals surface area contributed by atoms with E-state index in [2.05, 4.69) is 10.3 Å². The van der Waals surface area contributed by atoms with Gasteiger partial charge in [-0.05, 0) is 36.4 Å². The molecule has 128 valence electrons. The highest BCUT2D eigenvalue weighted by Crippen LogP contribution is 2.27. The number of piperidine rings is 1. The molecule has 1 aliphatic heterocycles. The zero-order valence-electron chi connectivity index (χ0n) is 12.8. The molecule has 1 unspecified atom stereocenters. The third kappa shape index (κ3) is 3.42. The molecule has 1 aliphatic rings. The zero-order chi connectivity index (χ0) is 17.2. The molecule has 2 N–H and O–H groups in total. The topological polar surface area (TPSA) is 99.6 Å². The van der Waals surface area contributed by atoms with Crippen molar-refractivity contribution in [3.63, 3.8) is 0 Å². The highest BCUT2D eigenvalue weighted by atomic mass is 32.2. The third-order valence-corrected chi connectivity index (χ3v) is 7.11. The molecule has 1 atom stereocenters. The van der Waals surface area contributed by atoms with Crippen LogP contribution in [0.3, 0.4) is 0 Å². The molecule has 9 heteroatoms. The van der Waals surface area contributed by atoms with Crippen molar-refractivity contribution in [1.82, 2.24) is 9.29 Å². The second kappa shape index (κ2) is 6.88. The standard InChI is InChI=1S/C15H17N3O4S2/c19-12-5-1-7-16-14(12)17-15(20)11-4-2-8-18(10-11)24(21,22)13-6-3-9-23-13/h1,3,5-7,9,11,19H,2,4,8,10H2,(H,16,17,20). The lowest BCUT2D eigenvalue weighted by atomic mass is 9.99. The summed E-state index contributed by atoms with van der Waals surface area (Å²) in [7, 11) is -3.56. The molecule has 24 heavy (non-hydrogen) atoms. The fourth-order valence-electron chi connectivity index (χ4n) is 2.62. The van der Waals surface area contributed by atoms with Crippen LogP contribution in [0.2, 0.25) is 0 Å². The van der Waals surface area contributed by atoms with Gasteiger partial charge in [0.25, 0.3) is 10.0 Å². The van der Waals surface area contributed by atoms with Gasteiger partial charge in [0, 0.05) is 19.3 Å². The van der Waals surface area contributed by atoms with E-state index in [-0.39, 0.29) is 28.2 Å². The minimum absolute atomic E-state index is 0.0840. The number of hydrogen-bond donors (Lipinski definition) is 2. The van der Waals surface area contributed by atoms with Crippen molar-refractivity contribution >= 4 is 33.1 Å². The molecule has 0 spiro atoms. The lowest BCUT2D eigenvalue weighted by Crippen LogP contribution is -2.43. The number of carbonyl (C=O) groups excluding carboxylic acids is 1. The van der Waals surface area contributed by atoms with Gasteiger partial charge < -0.3 is 10.4 Å². The van der Waals surface area contributed by atoms with Gasteiger partial charge in [0.05, 0.1) is 5.92 Å². The van der Waals surface area contributed by atoms with Gasteiger partial charge in [-0.25, -0.2) is 13.4 Å². The number of pyridine rings is 1. The Labute approximate surface area is 144 Å². The van der Waals surface area contributed by atoms with Crippen LogP contribution >= 0.6 is 11.3 Å². The number of nitrogens with one attached hydrogen (secondary N) is 1. The Morgan fingerprint density at radius 1 is 1.38 bits per heavy atom. The molecule has 0 saturated carbocycles. The van der Waals surface area contributed by atoms with Crippen molar-refractivity contribution in [3.05, 3.63) is 35.8 Å². The van der Waals surface area contributed by atoms with Crippen molar-refractivity contribution in [3.8, 4) is 5.75 Å². The Bertz CT molecular complexity index is 821. The fourth-order valence-corrected chi connectivity index (χ4v) is 5.29. The van der Waals surface area contributed by atoms with E-state index in [4.69, 9.17) is 0 Å². The number of aromatic hydroxyl groups is 1. The van der Waals surface area contributed by atoms with Crippen LogP contribution in [-0.2, 0) is 14.8 Å². The Balaban J connectivity index is 1.72. The van der Waals surface area contributed by atoms with Crippen molar-refractivity contribution in [1.29, 1.82) is 0 Å². The first-order chi connectivity index (χ1) is 11.5. The molecule has 3 rings (SSSR count). The van der Waals surface area contributed by atoms with Crippen molar-refractivity contribution in [2.24, 2.45) is 5.92 Å². The normalized spacial score (nSPS) is 19.1. The first-order valence-electron chi connectivity index (χ1n) is 7.47. The van der Waals surface area contributed by atoms with Crippen LogP contribution in [-0.4, -0.2) is 41.8 Å². The Hall–Kier alpha value is -1.97. The quantitative estimate of drug-likeness (QED) is 0.860. The summed E-state index contributed by atoms with van der Waals surface area (Å²) in [5, 5.41) is 14.0. The zero-order valence-corrected chi connectivity index (χ0v) is 14.4. The first kappa shape index (κ1) is 16.9. The number of anilines is 1. The molecule has 2 aromatic heterocycles. The summed E-state index contributed by atoms with van der Waals surface area (Å²) in [6.07, 6.45) is 2.66. The number of rotatable bonds is 4. The first-order valence-corrected chi connectivity index (χ1v) is 9.79. The third-order valence-electron chi connectivity index (χ3n) is 3.87. The van der Waals surface area contributed by atoms with Gasteiger partial charge >= 0.3 is 0 Å². The van der Waals surface area contributed by atoms with E-state index < -0.39 is 15.9 Å². The second-order valence-corrected chi connectivity index (χ2v) is 8.61. The maximum atomic E-state index is 12.6. The summed E-state index contributed by atoms with van der Waals surface area (Å²) in [5.74, 6) is -0.851. The van der Waals surface area contributed by atoms with Crippen LogP contribution in [0.5, 0.6) is 5.75 Å². The highest BCUT2D eigenvalue weighted by Gasteiger charge is 2.34. The lowest BCUT2D eigenvalue weighted by Gasteiger charge is -2.30. The largest absolute Gasteiger partial charge is 0.504 e. The van der Waals surface area contributed by atoms with E-state index in [9.17, 15) is 18.3 Å². The number of hydrogen-bond acceptors (Lipinski definition) is 6. The highest BCUT2D eigenvalue weighted by molar-refractivity contribution is 7.91. The van der Waals surface area contributed by atoms with Crippen LogP contribution < -0.4 is 5.32 Å². The molecule has 0 aromatic carbocycles. The number of thiophene rings is 1. The molecule has 1 amide bonds. The Morgan fingerprint density at radius 2 is 2.21 bits per heavy atom. The monoisotopic (exact) mass is 367 g/mol. The van der Waals surface area contributed by atoms with E-state index in [1.165, 1.54) is 16.6 Å². The SMILES string of the molecule is O=C(Nc1ncccc1O)C1CCCN(S(=O)(=O)c2cccs2)C1. The number of aromatic nitrogens is 1. The smallest absolute Gasteiger partial charge is 0.252 e. The maximum Gasteiger partial charge on any atom is 0.252 e. The molecule has 0 aliphatic carbocycles. The second-order valence-electron chi connectivity index (χ2n) is 5.49. The summed E-state index contributed by atoms with van der Waals surface area (Å²) >= 11 is 1.16. The molecule has 3 heterocycles. The van der Waals surface area contributed by atoms with Crippen molar-refractivity contribution < 1.29 is 18.3 Å². The summed E-state index contributed by atoms with van der Waals surface area (Å²) in [4.78, 5) is 16.3. The molecule has 1 saturated heterocycles.